The van der Waals surface area contributed by atoms with E-state index >= 15 is 0 Å². The summed E-state index contributed by atoms with van der Waals surface area (Å²) in [5.74, 6) is 0. The fourth-order valence-electron chi connectivity index (χ4n) is 1.14. The Bertz CT molecular complexity index is 302. The van der Waals surface area contributed by atoms with Gasteiger partial charge in [0.25, 0.3) is 0 Å². The van der Waals surface area contributed by atoms with Crippen LogP contribution in [-0.4, -0.2) is 0 Å². The highest BCUT2D eigenvalue weighted by atomic mass is 14.0. The van der Waals surface area contributed by atoms with Crippen LogP contribution in [0.3, 0.4) is 0 Å². The Morgan fingerprint density at radius 2 is 1.35 bits per heavy atom. The van der Waals surface area contributed by atoms with Crippen molar-refractivity contribution in [3.05, 3.63) is 47.5 Å². The van der Waals surface area contributed by atoms with Gasteiger partial charge >= 0.3 is 0 Å². The van der Waals surface area contributed by atoms with Crippen molar-refractivity contribution in [1.82, 2.24) is 0 Å². The second-order valence-corrected chi connectivity index (χ2v) is 3.05. The van der Waals surface area contributed by atoms with Crippen LogP contribution >= 0.6 is 0 Å². The lowest BCUT2D eigenvalue weighted by molar-refractivity contribution is 1.42. The Labute approximate surface area is 109 Å². The quantitative estimate of drug-likeness (QED) is 0.552. The summed E-state index contributed by atoms with van der Waals surface area (Å²) in [6.45, 7) is 16.0. The molecule has 0 bridgehead atoms. The van der Waals surface area contributed by atoms with Crippen molar-refractivity contribution in [2.45, 2.75) is 49.0 Å². The van der Waals surface area contributed by atoms with Gasteiger partial charge in [0.1, 0.15) is 0 Å². The zero-order chi connectivity index (χ0) is 13.0. The third-order valence-electron chi connectivity index (χ3n) is 1.66. The van der Waals surface area contributed by atoms with Crippen molar-refractivity contribution in [2.24, 2.45) is 0 Å². The van der Waals surface area contributed by atoms with Crippen LogP contribution in [-0.2, 0) is 0 Å². The number of hydrogen-bond acceptors (Lipinski definition) is 0. The fraction of sp³-hybridized carbons (Fsp3) is 0.412. The lowest BCUT2D eigenvalue weighted by atomic mass is 10.1. The molecule has 98 valence electrons. The third-order valence-corrected chi connectivity index (χ3v) is 1.66. The van der Waals surface area contributed by atoms with Gasteiger partial charge in [0.15, 0.2) is 0 Å². The molecule has 0 heterocycles. The van der Waals surface area contributed by atoms with Crippen molar-refractivity contribution in [1.29, 1.82) is 0 Å². The van der Waals surface area contributed by atoms with Gasteiger partial charge in [0.05, 0.1) is 0 Å². The highest BCUT2D eigenvalue weighted by Crippen LogP contribution is 2.13. The molecule has 0 spiro atoms. The average molecular weight is 234 g/mol. The summed E-state index contributed by atoms with van der Waals surface area (Å²) >= 11 is 0. The van der Waals surface area contributed by atoms with Crippen molar-refractivity contribution in [3.63, 3.8) is 0 Å². The Balaban J connectivity index is -0.000000355. The van der Waals surface area contributed by atoms with Crippen LogP contribution in [0.25, 0.3) is 12.2 Å². The molecular weight excluding hydrogens is 204 g/mol. The first-order valence-electron chi connectivity index (χ1n) is 6.10. The number of rotatable bonds is 2. The summed E-state index contributed by atoms with van der Waals surface area (Å²) in [4.78, 5) is 0. The van der Waals surface area contributed by atoms with Crippen LogP contribution in [0.5, 0.6) is 0 Å². The molecule has 0 nitrogen and oxygen atoms in total. The molecule has 0 aliphatic heterocycles. The molecule has 1 aromatic rings. The number of allylic oxidation sites excluding steroid dienone is 1. The maximum Gasteiger partial charge on any atom is -0.0185 e. The lowest BCUT2D eigenvalue weighted by Gasteiger charge is -1.99. The molecule has 0 aliphatic rings. The van der Waals surface area contributed by atoms with E-state index in [1.807, 2.05) is 45.9 Å². The molecule has 0 fully saturated rings. The summed E-state index contributed by atoms with van der Waals surface area (Å²) in [7, 11) is 0. The van der Waals surface area contributed by atoms with Gasteiger partial charge in [-0.3, -0.25) is 0 Å². The van der Waals surface area contributed by atoms with Crippen molar-refractivity contribution in [3.8, 4) is 0 Å². The first-order chi connectivity index (χ1) is 7.74. The van der Waals surface area contributed by atoms with E-state index in [-0.39, 0.29) is 7.43 Å². The van der Waals surface area contributed by atoms with E-state index in [1.54, 1.807) is 0 Å². The smallest absolute Gasteiger partial charge is 0.0185 e. The Morgan fingerprint density at radius 3 is 1.71 bits per heavy atom. The van der Waals surface area contributed by atoms with E-state index in [0.717, 1.165) is 0 Å². The van der Waals surface area contributed by atoms with Gasteiger partial charge < -0.3 is 0 Å². The van der Waals surface area contributed by atoms with Gasteiger partial charge in [0, 0.05) is 0 Å². The molecule has 0 saturated carbocycles. The summed E-state index contributed by atoms with van der Waals surface area (Å²) in [6.07, 6.45) is 4.05. The molecule has 0 amide bonds. The van der Waals surface area contributed by atoms with E-state index in [2.05, 4.69) is 38.6 Å². The number of hydrogen-bond donors (Lipinski definition) is 0. The summed E-state index contributed by atoms with van der Waals surface area (Å²) in [5.41, 5.74) is 3.75. The summed E-state index contributed by atoms with van der Waals surface area (Å²) in [5, 5.41) is 0. The molecule has 1 aromatic carbocycles. The van der Waals surface area contributed by atoms with Crippen molar-refractivity contribution in [2.75, 3.05) is 0 Å². The molecule has 0 aliphatic carbocycles. The predicted octanol–water partition coefficient (Wildman–Crippen LogP) is 6.44. The van der Waals surface area contributed by atoms with E-state index in [0.29, 0.717) is 0 Å². The largest absolute Gasteiger partial charge is 0.0984 e. The maximum atomic E-state index is 3.77. The van der Waals surface area contributed by atoms with E-state index < -0.39 is 0 Å². The second-order valence-electron chi connectivity index (χ2n) is 3.05. The molecule has 0 radical (unpaired) electrons. The standard InChI is InChI=1S/C12H14.2C2H6.CH4/c1-4-11-7-5-6-8-12(11)9-10(2)3;2*1-2;/h4-9H,1H2,2-3H3;2*1-2H3;1H4. The molecule has 0 heteroatoms. The minimum atomic E-state index is 0. The van der Waals surface area contributed by atoms with Crippen LogP contribution < -0.4 is 0 Å². The molecule has 0 N–H and O–H groups in total. The van der Waals surface area contributed by atoms with E-state index in [1.165, 1.54) is 16.7 Å². The SMILES string of the molecule is C.C=Cc1ccccc1C=C(C)C.CC.CC. The predicted molar refractivity (Wildman–Crippen MR) is 85.3 cm³/mol. The first-order valence-corrected chi connectivity index (χ1v) is 6.10. The normalized spacial score (nSPS) is 7.18. The molecule has 0 unspecified atom stereocenters. The molecule has 0 atom stereocenters. The third kappa shape index (κ3) is 9.62. The number of benzene rings is 1. The van der Waals surface area contributed by atoms with Crippen LogP contribution in [0.15, 0.2) is 36.4 Å². The van der Waals surface area contributed by atoms with Gasteiger partial charge in [-0.05, 0) is 25.0 Å². The van der Waals surface area contributed by atoms with Gasteiger partial charge in [-0.1, -0.05) is 83.7 Å². The van der Waals surface area contributed by atoms with E-state index in [4.69, 9.17) is 0 Å². The summed E-state index contributed by atoms with van der Waals surface area (Å²) in [6, 6.07) is 8.24. The lowest BCUT2D eigenvalue weighted by Crippen LogP contribution is -1.79. The topological polar surface area (TPSA) is 0 Å². The first kappa shape index (κ1) is 21.0. The molecule has 0 aromatic heterocycles. The molecular formula is C17H30. The van der Waals surface area contributed by atoms with Crippen molar-refractivity contribution >= 4 is 12.2 Å². The monoisotopic (exact) mass is 234 g/mol. The maximum absolute atomic E-state index is 3.77. The minimum Gasteiger partial charge on any atom is -0.0984 e. The zero-order valence-electron chi connectivity index (χ0n) is 11.7. The molecule has 0 saturated heterocycles. The molecule has 1 rings (SSSR count). The highest BCUT2D eigenvalue weighted by Gasteiger charge is 1.92. The zero-order valence-corrected chi connectivity index (χ0v) is 11.7. The van der Waals surface area contributed by atoms with E-state index in [9.17, 15) is 0 Å². The van der Waals surface area contributed by atoms with Crippen molar-refractivity contribution < 1.29 is 0 Å². The van der Waals surface area contributed by atoms with Crippen LogP contribution in [0.2, 0.25) is 0 Å². The van der Waals surface area contributed by atoms with Gasteiger partial charge in [0.2, 0.25) is 0 Å². The summed E-state index contributed by atoms with van der Waals surface area (Å²) < 4.78 is 0. The van der Waals surface area contributed by atoms with Crippen LogP contribution in [0.1, 0.15) is 60.1 Å². The average Bonchev–Trinajstić information content (AvgIpc) is 2.34. The Kier molecular flexibility index (Phi) is 18.2. The molecule has 17 heavy (non-hydrogen) atoms. The highest BCUT2D eigenvalue weighted by molar-refractivity contribution is 5.65. The van der Waals surface area contributed by atoms with Crippen LogP contribution in [0, 0.1) is 0 Å². The van der Waals surface area contributed by atoms with Gasteiger partial charge in [-0.2, -0.15) is 0 Å². The van der Waals surface area contributed by atoms with Crippen LogP contribution in [0.4, 0.5) is 0 Å². The Hall–Kier alpha value is -1.30. The minimum absolute atomic E-state index is 0. The second kappa shape index (κ2) is 14.7. The van der Waals surface area contributed by atoms with Gasteiger partial charge in [-0.15, -0.1) is 0 Å². The van der Waals surface area contributed by atoms with Gasteiger partial charge in [-0.25, -0.2) is 0 Å². The Morgan fingerprint density at radius 1 is 0.941 bits per heavy atom. The fourth-order valence-corrected chi connectivity index (χ4v) is 1.14.